The van der Waals surface area contributed by atoms with Gasteiger partial charge in [-0.3, -0.25) is 4.79 Å². The number of anilines is 1. The van der Waals surface area contributed by atoms with E-state index in [9.17, 15) is 9.90 Å². The summed E-state index contributed by atoms with van der Waals surface area (Å²) < 4.78 is 0. The monoisotopic (exact) mass is 264 g/mol. The number of carbonyl (C=O) groups excluding carboxylic acids is 1. The van der Waals surface area contributed by atoms with E-state index in [1.165, 1.54) is 0 Å². The van der Waals surface area contributed by atoms with Gasteiger partial charge in [-0.1, -0.05) is 13.8 Å². The minimum atomic E-state index is -1.46. The first-order chi connectivity index (χ1) is 8.92. The van der Waals surface area contributed by atoms with Crippen LogP contribution >= 0.6 is 0 Å². The van der Waals surface area contributed by atoms with Crippen LogP contribution in [-0.4, -0.2) is 39.7 Å². The molecular weight excluding hydrogens is 244 g/mol. The summed E-state index contributed by atoms with van der Waals surface area (Å²) in [5.41, 5.74) is 3.81. The Hall–Kier alpha value is -1.69. The second kappa shape index (κ2) is 5.13. The van der Waals surface area contributed by atoms with Gasteiger partial charge in [0.25, 0.3) is 5.91 Å². The zero-order valence-corrected chi connectivity index (χ0v) is 11.3. The molecule has 19 heavy (non-hydrogen) atoms. The Balaban J connectivity index is 2.22. The smallest absolute Gasteiger partial charge is 0.251 e. The van der Waals surface area contributed by atoms with E-state index < -0.39 is 11.5 Å². The van der Waals surface area contributed by atoms with Crippen LogP contribution in [0.1, 0.15) is 38.4 Å². The van der Waals surface area contributed by atoms with Crippen molar-refractivity contribution >= 4 is 11.7 Å². The van der Waals surface area contributed by atoms with Gasteiger partial charge in [-0.2, -0.15) is 0 Å². The molecule has 1 fully saturated rings. The van der Waals surface area contributed by atoms with Gasteiger partial charge >= 0.3 is 0 Å². The van der Waals surface area contributed by atoms with Crippen LogP contribution < -0.4 is 10.6 Å². The van der Waals surface area contributed by atoms with Crippen LogP contribution in [0.5, 0.6) is 0 Å². The number of piperidine rings is 1. The molecule has 0 saturated carbocycles. The van der Waals surface area contributed by atoms with Crippen LogP contribution in [0.4, 0.5) is 5.82 Å². The number of hydrogen-bond acceptors (Lipinski definition) is 5. The summed E-state index contributed by atoms with van der Waals surface area (Å²) in [6.45, 7) is 4.99. The molecular formula is C13H20N4O2. The van der Waals surface area contributed by atoms with Crippen molar-refractivity contribution in [1.82, 2.24) is 9.97 Å². The largest absolute Gasteiger partial charge is 0.378 e. The number of β-amino-alcohol motifs (C(OH)–C–C–N with tert-alkyl or cyclic N) is 1. The Labute approximate surface area is 112 Å². The number of aromatic nitrogens is 2. The molecule has 2 heterocycles. The molecule has 1 aliphatic rings. The Morgan fingerprint density at radius 2 is 2.32 bits per heavy atom. The number of amides is 1. The van der Waals surface area contributed by atoms with E-state index in [0.29, 0.717) is 12.8 Å². The molecule has 6 nitrogen and oxygen atoms in total. The van der Waals surface area contributed by atoms with Crippen molar-refractivity contribution in [2.24, 2.45) is 5.73 Å². The minimum absolute atomic E-state index is 0.191. The molecule has 1 amide bonds. The molecule has 0 spiro atoms. The molecule has 1 aromatic rings. The van der Waals surface area contributed by atoms with E-state index in [1.54, 1.807) is 12.3 Å². The summed E-state index contributed by atoms with van der Waals surface area (Å²) in [7, 11) is 0. The van der Waals surface area contributed by atoms with Gasteiger partial charge in [0.05, 0.1) is 6.54 Å². The highest BCUT2D eigenvalue weighted by Crippen LogP contribution is 2.25. The lowest BCUT2D eigenvalue weighted by Crippen LogP contribution is -2.56. The SMILES string of the molecule is CC(C)c1nccc(N2CCCC(O)(C(N)=O)C2)n1. The van der Waals surface area contributed by atoms with E-state index in [1.807, 2.05) is 18.7 Å². The molecule has 1 aromatic heterocycles. The molecule has 1 saturated heterocycles. The van der Waals surface area contributed by atoms with Crippen molar-refractivity contribution in [2.75, 3.05) is 18.0 Å². The highest BCUT2D eigenvalue weighted by Gasteiger charge is 2.39. The third-order valence-corrected chi connectivity index (χ3v) is 3.43. The molecule has 104 valence electrons. The molecule has 6 heteroatoms. The van der Waals surface area contributed by atoms with E-state index in [-0.39, 0.29) is 12.5 Å². The van der Waals surface area contributed by atoms with E-state index in [4.69, 9.17) is 5.73 Å². The topological polar surface area (TPSA) is 92.3 Å². The van der Waals surface area contributed by atoms with Crippen LogP contribution in [0.25, 0.3) is 0 Å². The summed E-state index contributed by atoms with van der Waals surface area (Å²) in [6, 6.07) is 1.79. The molecule has 3 N–H and O–H groups in total. The fraction of sp³-hybridized carbons (Fsp3) is 0.615. The lowest BCUT2D eigenvalue weighted by molar-refractivity contribution is -0.137. The molecule has 2 rings (SSSR count). The fourth-order valence-electron chi connectivity index (χ4n) is 2.25. The Morgan fingerprint density at radius 3 is 2.95 bits per heavy atom. The summed E-state index contributed by atoms with van der Waals surface area (Å²) in [5.74, 6) is 1.05. The third kappa shape index (κ3) is 2.84. The van der Waals surface area contributed by atoms with Gasteiger partial charge in [0.2, 0.25) is 0 Å². The average molecular weight is 264 g/mol. The van der Waals surface area contributed by atoms with Crippen LogP contribution in [0.15, 0.2) is 12.3 Å². The van der Waals surface area contributed by atoms with Gasteiger partial charge in [0, 0.05) is 18.7 Å². The second-order valence-corrected chi connectivity index (χ2v) is 5.35. The first-order valence-electron chi connectivity index (χ1n) is 6.52. The van der Waals surface area contributed by atoms with Gasteiger partial charge < -0.3 is 15.7 Å². The van der Waals surface area contributed by atoms with Gasteiger partial charge in [0.1, 0.15) is 11.6 Å². The maximum Gasteiger partial charge on any atom is 0.251 e. The molecule has 0 aromatic carbocycles. The summed E-state index contributed by atoms with van der Waals surface area (Å²) >= 11 is 0. The maximum absolute atomic E-state index is 11.3. The standard InChI is InChI=1S/C13H20N4O2/c1-9(2)11-15-6-4-10(16-11)17-7-3-5-13(19,8-17)12(14)18/h4,6,9,19H,3,5,7-8H2,1-2H3,(H2,14,18). The Bertz CT molecular complexity index is 477. The predicted molar refractivity (Wildman–Crippen MR) is 71.7 cm³/mol. The third-order valence-electron chi connectivity index (χ3n) is 3.43. The van der Waals surface area contributed by atoms with Crippen LogP contribution in [-0.2, 0) is 4.79 Å². The fourth-order valence-corrected chi connectivity index (χ4v) is 2.25. The van der Waals surface area contributed by atoms with Crippen LogP contribution in [0.3, 0.4) is 0 Å². The lowest BCUT2D eigenvalue weighted by Gasteiger charge is -2.37. The van der Waals surface area contributed by atoms with E-state index >= 15 is 0 Å². The predicted octanol–water partition coefficient (Wildman–Crippen LogP) is 0.417. The normalized spacial score (nSPS) is 23.7. The first kappa shape index (κ1) is 13.7. The number of aliphatic hydroxyl groups is 1. The van der Waals surface area contributed by atoms with Gasteiger partial charge in [-0.05, 0) is 18.9 Å². The molecule has 0 aliphatic carbocycles. The Morgan fingerprint density at radius 1 is 1.58 bits per heavy atom. The van der Waals surface area contributed by atoms with Gasteiger partial charge in [0.15, 0.2) is 5.60 Å². The molecule has 0 bridgehead atoms. The first-order valence-corrected chi connectivity index (χ1v) is 6.52. The van der Waals surface area contributed by atoms with Gasteiger partial charge in [-0.25, -0.2) is 9.97 Å². The minimum Gasteiger partial charge on any atom is -0.378 e. The van der Waals surface area contributed by atoms with Crippen molar-refractivity contribution in [3.8, 4) is 0 Å². The van der Waals surface area contributed by atoms with Crippen molar-refractivity contribution in [3.05, 3.63) is 18.1 Å². The highest BCUT2D eigenvalue weighted by molar-refractivity contribution is 5.84. The summed E-state index contributed by atoms with van der Waals surface area (Å²) in [6.07, 6.45) is 2.82. The van der Waals surface area contributed by atoms with Crippen LogP contribution in [0.2, 0.25) is 0 Å². The zero-order valence-electron chi connectivity index (χ0n) is 11.3. The summed E-state index contributed by atoms with van der Waals surface area (Å²) in [5, 5.41) is 10.2. The lowest BCUT2D eigenvalue weighted by atomic mass is 9.92. The number of hydrogen-bond donors (Lipinski definition) is 2. The number of nitrogens with two attached hydrogens (primary N) is 1. The van der Waals surface area contributed by atoms with E-state index in [2.05, 4.69) is 9.97 Å². The molecule has 1 aliphatic heterocycles. The van der Waals surface area contributed by atoms with Crippen molar-refractivity contribution < 1.29 is 9.90 Å². The number of primary amides is 1. The summed E-state index contributed by atoms with van der Waals surface area (Å²) in [4.78, 5) is 21.9. The molecule has 1 atom stereocenters. The zero-order chi connectivity index (χ0) is 14.0. The van der Waals surface area contributed by atoms with Crippen molar-refractivity contribution in [2.45, 2.75) is 38.2 Å². The molecule has 0 radical (unpaired) electrons. The maximum atomic E-state index is 11.3. The molecule has 1 unspecified atom stereocenters. The number of carbonyl (C=O) groups is 1. The van der Waals surface area contributed by atoms with Gasteiger partial charge in [-0.15, -0.1) is 0 Å². The van der Waals surface area contributed by atoms with Crippen LogP contribution in [0, 0.1) is 0 Å². The number of rotatable bonds is 3. The van der Waals surface area contributed by atoms with Crippen molar-refractivity contribution in [3.63, 3.8) is 0 Å². The highest BCUT2D eigenvalue weighted by atomic mass is 16.3. The van der Waals surface area contributed by atoms with Crippen molar-refractivity contribution in [1.29, 1.82) is 0 Å². The second-order valence-electron chi connectivity index (χ2n) is 5.35. The average Bonchev–Trinajstić information content (AvgIpc) is 2.39. The number of nitrogens with zero attached hydrogens (tertiary/aromatic N) is 3. The van der Waals surface area contributed by atoms with E-state index in [0.717, 1.165) is 18.2 Å². The quantitative estimate of drug-likeness (QED) is 0.825. The Kier molecular flexibility index (Phi) is 3.71.